The molecule has 2 aliphatic heterocycles. The smallest absolute Gasteiger partial charge is 0.187 e. The summed E-state index contributed by atoms with van der Waals surface area (Å²) in [5, 5.41) is 59.9. The van der Waals surface area contributed by atoms with Gasteiger partial charge < -0.3 is 54.3 Å². The van der Waals surface area contributed by atoms with Crippen molar-refractivity contribution < 1.29 is 54.3 Å². The molecule has 11 nitrogen and oxygen atoms in total. The molecule has 2 saturated heterocycles. The summed E-state index contributed by atoms with van der Waals surface area (Å²) in [5.41, 5.74) is 0.763. The van der Waals surface area contributed by atoms with Crippen molar-refractivity contribution in [1.29, 1.82) is 0 Å². The molecular weight excluding hydrogens is 404 g/mol. The van der Waals surface area contributed by atoms with Crippen LogP contribution in [-0.2, 0) is 25.6 Å². The Balaban J connectivity index is 1.66. The molecule has 0 amide bonds. The Kier molecular flexibility index (Phi) is 7.98. The van der Waals surface area contributed by atoms with E-state index in [-0.39, 0.29) is 13.2 Å². The fourth-order valence-corrected chi connectivity index (χ4v) is 3.31. The maximum Gasteiger partial charge on any atom is 0.187 e. The normalized spacial score (nSPS) is 39.6. The third-order valence-corrected chi connectivity index (χ3v) is 5.14. The first-order valence-electron chi connectivity index (χ1n) is 9.54. The molecule has 170 valence electrons. The van der Waals surface area contributed by atoms with Crippen LogP contribution in [0.25, 0.3) is 0 Å². The van der Waals surface area contributed by atoms with Gasteiger partial charge in [-0.3, -0.25) is 0 Å². The van der Waals surface area contributed by atoms with Crippen molar-refractivity contribution in [3.8, 4) is 5.75 Å². The van der Waals surface area contributed by atoms with E-state index >= 15 is 0 Å². The monoisotopic (exact) mass is 432 g/mol. The molecule has 2 aliphatic rings. The predicted molar refractivity (Wildman–Crippen MR) is 98.2 cm³/mol. The largest absolute Gasteiger partial charge is 0.497 e. The Morgan fingerprint density at radius 2 is 1.63 bits per heavy atom. The van der Waals surface area contributed by atoms with Gasteiger partial charge in [0.2, 0.25) is 0 Å². The molecule has 1 aromatic carbocycles. The van der Waals surface area contributed by atoms with Gasteiger partial charge in [-0.1, -0.05) is 12.1 Å². The highest BCUT2D eigenvalue weighted by molar-refractivity contribution is 5.26. The van der Waals surface area contributed by atoms with Crippen molar-refractivity contribution in [2.75, 3.05) is 20.3 Å². The Morgan fingerprint density at radius 1 is 0.933 bits per heavy atom. The molecule has 9 atom stereocenters. The lowest BCUT2D eigenvalue weighted by atomic mass is 9.98. The van der Waals surface area contributed by atoms with E-state index < -0.39 is 61.9 Å². The van der Waals surface area contributed by atoms with Crippen LogP contribution in [0.3, 0.4) is 0 Å². The molecule has 0 saturated carbocycles. The topological polar surface area (TPSA) is 168 Å². The highest BCUT2D eigenvalue weighted by Gasteiger charge is 2.49. The average Bonchev–Trinajstić information content (AvgIpc) is 2.76. The van der Waals surface area contributed by atoms with Crippen LogP contribution in [0.1, 0.15) is 5.56 Å². The van der Waals surface area contributed by atoms with Gasteiger partial charge in [0.1, 0.15) is 48.5 Å². The minimum Gasteiger partial charge on any atom is -0.497 e. The van der Waals surface area contributed by atoms with Crippen LogP contribution >= 0.6 is 0 Å². The standard InChI is InChI=1S/C19H28O11/c1-26-10-4-2-9(3-5-10)7-27-19-16(25)17(14(23)12(6-20)29-19)30-18-15(24)13(22)11(21)8-28-18/h2-5,11-25H,6-8H2,1H3/t11-,12-,13+,14-,15-,16-,17+,18+,19-/m1/s1. The Hall–Kier alpha value is -1.38. The summed E-state index contributed by atoms with van der Waals surface area (Å²) in [6.45, 7) is -0.829. The van der Waals surface area contributed by atoms with Gasteiger partial charge >= 0.3 is 0 Å². The van der Waals surface area contributed by atoms with Crippen LogP contribution in [-0.4, -0.2) is 106 Å². The maximum atomic E-state index is 10.6. The van der Waals surface area contributed by atoms with E-state index in [1.807, 2.05) is 0 Å². The lowest BCUT2D eigenvalue weighted by Gasteiger charge is -2.44. The first kappa shape index (κ1) is 23.3. The second kappa shape index (κ2) is 10.3. The number of rotatable bonds is 7. The predicted octanol–water partition coefficient (Wildman–Crippen LogP) is -2.52. The van der Waals surface area contributed by atoms with Crippen LogP contribution in [0.4, 0.5) is 0 Å². The first-order chi connectivity index (χ1) is 14.3. The van der Waals surface area contributed by atoms with E-state index in [0.29, 0.717) is 5.75 Å². The summed E-state index contributed by atoms with van der Waals surface area (Å²) in [5.74, 6) is 0.669. The summed E-state index contributed by atoms with van der Waals surface area (Å²) in [4.78, 5) is 0. The summed E-state index contributed by atoms with van der Waals surface area (Å²) in [6, 6.07) is 7.01. The van der Waals surface area contributed by atoms with E-state index in [4.69, 9.17) is 23.7 Å². The Morgan fingerprint density at radius 3 is 2.27 bits per heavy atom. The lowest BCUT2D eigenvalue weighted by molar-refractivity contribution is -0.350. The summed E-state index contributed by atoms with van der Waals surface area (Å²) >= 11 is 0. The third-order valence-electron chi connectivity index (χ3n) is 5.14. The minimum absolute atomic E-state index is 0.0557. The zero-order valence-electron chi connectivity index (χ0n) is 16.4. The fourth-order valence-electron chi connectivity index (χ4n) is 3.31. The summed E-state index contributed by atoms with van der Waals surface area (Å²) in [7, 11) is 1.55. The number of ether oxygens (including phenoxy) is 5. The molecule has 2 fully saturated rings. The molecule has 0 radical (unpaired) electrons. The second-order valence-corrected chi connectivity index (χ2v) is 7.22. The molecule has 1 aromatic rings. The molecule has 0 unspecified atom stereocenters. The zero-order chi connectivity index (χ0) is 21.8. The molecule has 0 aromatic heterocycles. The van der Waals surface area contributed by atoms with Gasteiger partial charge in [-0.05, 0) is 17.7 Å². The van der Waals surface area contributed by atoms with Crippen molar-refractivity contribution >= 4 is 0 Å². The van der Waals surface area contributed by atoms with Crippen molar-refractivity contribution in [2.24, 2.45) is 0 Å². The van der Waals surface area contributed by atoms with Gasteiger partial charge in [0.05, 0.1) is 26.9 Å². The molecule has 30 heavy (non-hydrogen) atoms. The van der Waals surface area contributed by atoms with E-state index in [2.05, 4.69) is 0 Å². The third kappa shape index (κ3) is 5.08. The average molecular weight is 432 g/mol. The number of methoxy groups -OCH3 is 1. The molecule has 11 heteroatoms. The zero-order valence-corrected chi connectivity index (χ0v) is 16.4. The van der Waals surface area contributed by atoms with Crippen LogP contribution in [0, 0.1) is 0 Å². The van der Waals surface area contributed by atoms with Crippen molar-refractivity contribution in [1.82, 2.24) is 0 Å². The van der Waals surface area contributed by atoms with Crippen LogP contribution in [0.2, 0.25) is 0 Å². The van der Waals surface area contributed by atoms with Crippen molar-refractivity contribution in [3.63, 3.8) is 0 Å². The Labute approximate surface area is 172 Å². The molecule has 6 N–H and O–H groups in total. The Bertz CT molecular complexity index is 656. The minimum atomic E-state index is -1.61. The summed E-state index contributed by atoms with van der Waals surface area (Å²) in [6.07, 6.45) is -12.6. The number of aliphatic hydroxyl groups is 6. The van der Waals surface area contributed by atoms with E-state index in [9.17, 15) is 30.6 Å². The second-order valence-electron chi connectivity index (χ2n) is 7.22. The van der Waals surface area contributed by atoms with E-state index in [1.54, 1.807) is 31.4 Å². The molecule has 2 heterocycles. The molecule has 0 spiro atoms. The number of benzene rings is 1. The number of hydrogen-bond donors (Lipinski definition) is 6. The molecule has 3 rings (SSSR count). The maximum absolute atomic E-state index is 10.6. The van der Waals surface area contributed by atoms with Crippen molar-refractivity contribution in [2.45, 2.75) is 61.9 Å². The van der Waals surface area contributed by atoms with Crippen LogP contribution < -0.4 is 4.74 Å². The lowest BCUT2D eigenvalue weighted by Crippen LogP contribution is -2.63. The fraction of sp³-hybridized carbons (Fsp3) is 0.684. The van der Waals surface area contributed by atoms with E-state index in [0.717, 1.165) is 5.56 Å². The quantitative estimate of drug-likeness (QED) is 0.269. The molecular formula is C19H28O11. The number of aliphatic hydroxyl groups excluding tert-OH is 6. The van der Waals surface area contributed by atoms with Crippen LogP contribution in [0.15, 0.2) is 24.3 Å². The van der Waals surface area contributed by atoms with Gasteiger partial charge in [0.15, 0.2) is 12.6 Å². The molecule has 0 bridgehead atoms. The highest BCUT2D eigenvalue weighted by atomic mass is 16.7. The van der Waals surface area contributed by atoms with Gasteiger partial charge in [-0.15, -0.1) is 0 Å². The van der Waals surface area contributed by atoms with Crippen LogP contribution in [0.5, 0.6) is 5.75 Å². The van der Waals surface area contributed by atoms with Gasteiger partial charge in [-0.25, -0.2) is 0 Å². The summed E-state index contributed by atoms with van der Waals surface area (Å²) < 4.78 is 26.8. The van der Waals surface area contributed by atoms with Crippen molar-refractivity contribution in [3.05, 3.63) is 29.8 Å². The van der Waals surface area contributed by atoms with Gasteiger partial charge in [-0.2, -0.15) is 0 Å². The first-order valence-corrected chi connectivity index (χ1v) is 9.54. The molecule has 0 aliphatic carbocycles. The van der Waals surface area contributed by atoms with Gasteiger partial charge in [0, 0.05) is 0 Å². The number of hydrogen-bond acceptors (Lipinski definition) is 11. The van der Waals surface area contributed by atoms with E-state index in [1.165, 1.54) is 0 Å². The highest BCUT2D eigenvalue weighted by Crippen LogP contribution is 2.28. The SMILES string of the molecule is COc1ccc(CO[C@@H]2O[C@H](CO)[C@@H](O)[C@H](O[C@@H]3OC[C@@H](O)[C@H](O)[C@H]3O)[C@H]2O)cc1. The van der Waals surface area contributed by atoms with Gasteiger partial charge in [0.25, 0.3) is 0 Å².